The molecule has 0 saturated heterocycles. The van der Waals surface area contributed by atoms with Gasteiger partial charge in [-0.05, 0) is 122 Å². The molecule has 2 aliphatic heterocycles. The Bertz CT molecular complexity index is 2090. The number of hydrogen-bond donors (Lipinski definition) is 1. The van der Waals surface area contributed by atoms with Gasteiger partial charge in [-0.2, -0.15) is 4.58 Å². The van der Waals surface area contributed by atoms with Crippen LogP contribution in [0.4, 0.5) is 11.4 Å². The van der Waals surface area contributed by atoms with Gasteiger partial charge >= 0.3 is 0 Å². The number of aryl methyl sites for hydroxylation is 1. The van der Waals surface area contributed by atoms with E-state index < -0.39 is 0 Å². The summed E-state index contributed by atoms with van der Waals surface area (Å²) in [6.07, 6.45) is 19.8. The van der Waals surface area contributed by atoms with Crippen molar-refractivity contribution >= 4 is 28.6 Å². The molecule has 6 rings (SSSR count). The molecule has 302 valence electrons. The third-order valence-corrected chi connectivity index (χ3v) is 12.5. The van der Waals surface area contributed by atoms with E-state index in [0.29, 0.717) is 6.42 Å². The van der Waals surface area contributed by atoms with Crippen molar-refractivity contribution in [3.05, 3.63) is 124 Å². The Morgan fingerprint density at radius 3 is 2.21 bits per heavy atom. The Hall–Kier alpha value is -4.84. The van der Waals surface area contributed by atoms with E-state index >= 15 is 0 Å². The molecule has 2 heterocycles. The first-order valence-electron chi connectivity index (χ1n) is 21.4. The van der Waals surface area contributed by atoms with Crippen LogP contribution in [0.15, 0.2) is 102 Å². The number of nitrogens with zero attached hydrogens (tertiary/aromatic N) is 2. The predicted molar refractivity (Wildman–Crippen MR) is 239 cm³/mol. The standard InChI is InChI=1S/C51H65N3O3/c1-10-12-14-33-54-45-28-26-41(57-9)35-43(45)51(5,6)47(54)30-24-38-17-15-16-37(49(38)39-21-18-36(19-22-39)20-31-48(55)52-7)23-29-46-50(3,4)42-34-40(56-8)25-27-44(42)53(46)32-13-11-2/h18-19,21-30,34-35H,10-17,20,31-33H2,1-9H3/p+1. The van der Waals surface area contributed by atoms with Crippen molar-refractivity contribution in [3.63, 3.8) is 0 Å². The Balaban J connectivity index is 1.47. The van der Waals surface area contributed by atoms with Crippen molar-refractivity contribution in [1.29, 1.82) is 0 Å². The van der Waals surface area contributed by atoms with E-state index in [-0.39, 0.29) is 16.7 Å². The first kappa shape index (κ1) is 41.8. The molecule has 6 heteroatoms. The molecule has 1 N–H and O–H groups in total. The minimum Gasteiger partial charge on any atom is -0.497 e. The first-order chi connectivity index (χ1) is 27.5. The Morgan fingerprint density at radius 1 is 0.825 bits per heavy atom. The largest absolute Gasteiger partial charge is 0.497 e. The summed E-state index contributed by atoms with van der Waals surface area (Å²) < 4.78 is 14.0. The van der Waals surface area contributed by atoms with Crippen LogP contribution in [-0.2, 0) is 22.0 Å². The zero-order chi connectivity index (χ0) is 40.7. The number of ether oxygens (including phenoxy) is 2. The normalized spacial score (nSPS) is 18.5. The van der Waals surface area contributed by atoms with Gasteiger partial charge in [0.2, 0.25) is 11.6 Å². The van der Waals surface area contributed by atoms with E-state index in [1.807, 2.05) is 0 Å². The van der Waals surface area contributed by atoms with Crippen LogP contribution in [0.25, 0.3) is 5.57 Å². The summed E-state index contributed by atoms with van der Waals surface area (Å²) >= 11 is 0. The van der Waals surface area contributed by atoms with E-state index in [9.17, 15) is 4.79 Å². The number of amides is 1. The highest BCUT2D eigenvalue weighted by Gasteiger charge is 2.45. The van der Waals surface area contributed by atoms with Gasteiger partial charge < -0.3 is 19.7 Å². The van der Waals surface area contributed by atoms with E-state index in [0.717, 1.165) is 69.5 Å². The first-order valence-corrected chi connectivity index (χ1v) is 21.4. The molecule has 0 aromatic heterocycles. The molecule has 6 nitrogen and oxygen atoms in total. The summed E-state index contributed by atoms with van der Waals surface area (Å²) in [6, 6.07) is 22.1. The maximum Gasteiger partial charge on any atom is 0.220 e. The average Bonchev–Trinajstić information content (AvgIpc) is 3.57. The topological polar surface area (TPSA) is 53.8 Å². The smallest absolute Gasteiger partial charge is 0.220 e. The number of methoxy groups -OCH3 is 2. The van der Waals surface area contributed by atoms with Crippen molar-refractivity contribution in [2.75, 3.05) is 39.3 Å². The average molecular weight is 769 g/mol. The summed E-state index contributed by atoms with van der Waals surface area (Å²) in [7, 11) is 5.21. The summed E-state index contributed by atoms with van der Waals surface area (Å²) in [5.41, 5.74) is 14.0. The van der Waals surface area contributed by atoms with Gasteiger partial charge in [0.15, 0.2) is 5.71 Å². The quantitative estimate of drug-likeness (QED) is 0.116. The van der Waals surface area contributed by atoms with Gasteiger partial charge in [0, 0.05) is 60.9 Å². The van der Waals surface area contributed by atoms with Gasteiger partial charge in [-0.3, -0.25) is 4.79 Å². The lowest BCUT2D eigenvalue weighted by Crippen LogP contribution is -2.28. The minimum atomic E-state index is -0.175. The van der Waals surface area contributed by atoms with Gasteiger partial charge in [0.05, 0.1) is 19.6 Å². The Labute approximate surface area is 343 Å². The number of allylic oxidation sites excluding steroid dienone is 8. The SMILES string of the molecule is CCCCC[N+]1=C(/C=C/C2=C(c3ccc(CCC(=O)NC)cc3)C(=C/C=C3/N(CCCC)c4ccc(OC)cc4C3(C)C)/CCC2)C(C)(C)c2cc(OC)ccc21. The summed E-state index contributed by atoms with van der Waals surface area (Å²) in [5.74, 6) is 1.88. The highest BCUT2D eigenvalue weighted by Crippen LogP contribution is 2.50. The fourth-order valence-corrected chi connectivity index (χ4v) is 9.09. The number of fused-ring (bicyclic) bond motifs is 2. The number of rotatable bonds is 16. The molecule has 3 aromatic rings. The van der Waals surface area contributed by atoms with Crippen LogP contribution >= 0.6 is 0 Å². The van der Waals surface area contributed by atoms with Crippen LogP contribution in [0.5, 0.6) is 11.5 Å². The molecule has 0 saturated carbocycles. The lowest BCUT2D eigenvalue weighted by Gasteiger charge is -2.27. The molecule has 0 fully saturated rings. The van der Waals surface area contributed by atoms with E-state index in [1.165, 1.54) is 74.6 Å². The van der Waals surface area contributed by atoms with Crippen LogP contribution in [0.2, 0.25) is 0 Å². The summed E-state index contributed by atoms with van der Waals surface area (Å²) in [5, 5.41) is 2.76. The minimum absolute atomic E-state index is 0.0693. The van der Waals surface area contributed by atoms with Crippen molar-refractivity contribution in [2.24, 2.45) is 0 Å². The van der Waals surface area contributed by atoms with Crippen molar-refractivity contribution in [3.8, 4) is 11.5 Å². The second kappa shape index (κ2) is 18.2. The fourth-order valence-electron chi connectivity index (χ4n) is 9.09. The van der Waals surface area contributed by atoms with Crippen LogP contribution in [0, 0.1) is 0 Å². The number of unbranched alkanes of at least 4 members (excludes halogenated alkanes) is 3. The summed E-state index contributed by atoms with van der Waals surface area (Å²) in [4.78, 5) is 14.6. The molecular weight excluding hydrogens is 703 g/mol. The third-order valence-electron chi connectivity index (χ3n) is 12.5. The molecule has 0 atom stereocenters. The molecule has 57 heavy (non-hydrogen) atoms. The number of anilines is 1. The number of nitrogens with one attached hydrogen (secondary N) is 1. The monoisotopic (exact) mass is 769 g/mol. The van der Waals surface area contributed by atoms with Gasteiger partial charge in [-0.1, -0.05) is 77.0 Å². The Morgan fingerprint density at radius 2 is 1.53 bits per heavy atom. The van der Waals surface area contributed by atoms with Crippen molar-refractivity contribution < 1.29 is 18.8 Å². The van der Waals surface area contributed by atoms with Gasteiger partial charge in [0.1, 0.15) is 18.0 Å². The molecule has 3 aliphatic rings. The highest BCUT2D eigenvalue weighted by atomic mass is 16.5. The molecule has 0 radical (unpaired) electrons. The van der Waals surface area contributed by atoms with Gasteiger partial charge in [-0.15, -0.1) is 0 Å². The molecule has 1 amide bonds. The molecule has 0 spiro atoms. The predicted octanol–water partition coefficient (Wildman–Crippen LogP) is 11.6. The second-order valence-electron chi connectivity index (χ2n) is 17.0. The maximum atomic E-state index is 12.1. The van der Waals surface area contributed by atoms with Crippen LogP contribution in [-0.4, -0.2) is 50.6 Å². The maximum absolute atomic E-state index is 12.1. The number of carbonyl (C=O) groups is 1. The van der Waals surface area contributed by atoms with E-state index in [4.69, 9.17) is 9.47 Å². The van der Waals surface area contributed by atoms with Gasteiger partial charge in [-0.25, -0.2) is 0 Å². The molecule has 1 aliphatic carbocycles. The molecule has 0 bridgehead atoms. The number of benzene rings is 3. The third kappa shape index (κ3) is 8.71. The second-order valence-corrected chi connectivity index (χ2v) is 17.0. The zero-order valence-corrected chi connectivity index (χ0v) is 36.2. The molecular formula is C51H66N3O3+. The number of carbonyl (C=O) groups excluding carboxylic acids is 1. The Kier molecular flexibility index (Phi) is 13.3. The van der Waals surface area contributed by atoms with Crippen LogP contribution in [0.1, 0.15) is 122 Å². The van der Waals surface area contributed by atoms with Crippen LogP contribution < -0.4 is 19.7 Å². The van der Waals surface area contributed by atoms with E-state index in [2.05, 4.69) is 141 Å². The van der Waals surface area contributed by atoms with Crippen molar-refractivity contribution in [2.45, 2.75) is 117 Å². The zero-order valence-electron chi connectivity index (χ0n) is 36.2. The number of hydrogen-bond acceptors (Lipinski definition) is 4. The highest BCUT2D eigenvalue weighted by molar-refractivity contribution is 6.03. The van der Waals surface area contributed by atoms with E-state index in [1.54, 1.807) is 21.3 Å². The van der Waals surface area contributed by atoms with Gasteiger partial charge in [0.25, 0.3) is 0 Å². The summed E-state index contributed by atoms with van der Waals surface area (Å²) in [6.45, 7) is 15.9. The fraction of sp³-hybridized carbons (Fsp3) is 0.451. The van der Waals surface area contributed by atoms with Crippen molar-refractivity contribution in [1.82, 2.24) is 5.32 Å². The lowest BCUT2D eigenvalue weighted by molar-refractivity contribution is -0.438. The molecule has 3 aromatic carbocycles. The lowest BCUT2D eigenvalue weighted by atomic mass is 9.79. The molecule has 0 unspecified atom stereocenters. The van der Waals surface area contributed by atoms with Crippen LogP contribution in [0.3, 0.4) is 0 Å².